The first kappa shape index (κ1) is 15.5. The molecule has 1 aromatic carbocycles. The van der Waals surface area contributed by atoms with Crippen LogP contribution in [0.15, 0.2) is 18.2 Å². The van der Waals surface area contributed by atoms with Crippen LogP contribution in [0.5, 0.6) is 0 Å². The van der Waals surface area contributed by atoms with E-state index in [4.69, 9.17) is 5.11 Å². The minimum Gasteiger partial charge on any atom is -0.481 e. The van der Waals surface area contributed by atoms with Gasteiger partial charge in [-0.3, -0.25) is 9.59 Å². The number of carbonyl (C=O) groups excluding carboxylic acids is 1. The van der Waals surface area contributed by atoms with Crippen LogP contribution in [0.4, 0.5) is 0 Å². The summed E-state index contributed by atoms with van der Waals surface area (Å²) in [4.78, 5) is 25.1. The first-order valence-corrected chi connectivity index (χ1v) is 7.48. The molecule has 2 unspecified atom stereocenters. The van der Waals surface area contributed by atoms with Crippen LogP contribution in [0.1, 0.15) is 36.5 Å². The van der Waals surface area contributed by atoms with Crippen molar-refractivity contribution in [2.24, 2.45) is 5.92 Å². The summed E-state index contributed by atoms with van der Waals surface area (Å²) in [6.45, 7) is 6.51. The van der Waals surface area contributed by atoms with Crippen LogP contribution >= 0.6 is 0 Å². The predicted octanol–water partition coefficient (Wildman–Crippen LogP) is 2.56. The molecular formula is C17H23NO3. The summed E-state index contributed by atoms with van der Waals surface area (Å²) in [5.74, 6) is -1.16. The zero-order valence-electron chi connectivity index (χ0n) is 12.9. The van der Waals surface area contributed by atoms with Crippen LogP contribution in [0, 0.1) is 19.8 Å². The maximum atomic E-state index is 12.3. The quantitative estimate of drug-likeness (QED) is 0.926. The molecule has 1 fully saturated rings. The smallest absolute Gasteiger partial charge is 0.308 e. The molecule has 2 atom stereocenters. The third-order valence-corrected chi connectivity index (χ3v) is 4.50. The molecule has 1 heterocycles. The zero-order chi connectivity index (χ0) is 15.6. The number of aliphatic carboxylic acids is 1. The van der Waals surface area contributed by atoms with Crippen LogP contribution in [-0.2, 0) is 16.0 Å². The molecule has 0 radical (unpaired) electrons. The number of amides is 1. The highest BCUT2D eigenvalue weighted by atomic mass is 16.4. The Morgan fingerprint density at radius 3 is 2.62 bits per heavy atom. The van der Waals surface area contributed by atoms with Crippen LogP contribution in [0.3, 0.4) is 0 Å². The lowest BCUT2D eigenvalue weighted by molar-refractivity contribution is -0.143. The Hall–Kier alpha value is -1.84. The van der Waals surface area contributed by atoms with Gasteiger partial charge in [0, 0.05) is 19.0 Å². The van der Waals surface area contributed by atoms with E-state index in [1.807, 2.05) is 6.92 Å². The van der Waals surface area contributed by atoms with E-state index in [1.54, 1.807) is 4.90 Å². The highest BCUT2D eigenvalue weighted by Gasteiger charge is 2.37. The van der Waals surface area contributed by atoms with E-state index in [1.165, 1.54) is 16.7 Å². The van der Waals surface area contributed by atoms with Crippen molar-refractivity contribution in [3.05, 3.63) is 34.9 Å². The van der Waals surface area contributed by atoms with E-state index >= 15 is 0 Å². The average Bonchev–Trinajstić information content (AvgIpc) is 2.79. The molecule has 1 saturated heterocycles. The molecule has 0 bridgehead atoms. The lowest BCUT2D eigenvalue weighted by Crippen LogP contribution is -2.37. The summed E-state index contributed by atoms with van der Waals surface area (Å²) in [6, 6.07) is 6.06. The Balaban J connectivity index is 1.95. The minimum absolute atomic E-state index is 0.0613. The Labute approximate surface area is 125 Å². The summed E-state index contributed by atoms with van der Waals surface area (Å²) in [5.41, 5.74) is 3.62. The van der Waals surface area contributed by atoms with Crippen molar-refractivity contribution in [3.63, 3.8) is 0 Å². The van der Waals surface area contributed by atoms with Gasteiger partial charge in [0.15, 0.2) is 0 Å². The van der Waals surface area contributed by atoms with Crippen LogP contribution in [0.2, 0.25) is 0 Å². The average molecular weight is 289 g/mol. The first-order valence-electron chi connectivity index (χ1n) is 7.48. The Bertz CT molecular complexity index is 553. The molecule has 114 valence electrons. The molecule has 0 aromatic heterocycles. The highest BCUT2D eigenvalue weighted by molar-refractivity contribution is 5.79. The van der Waals surface area contributed by atoms with Crippen LogP contribution in [0.25, 0.3) is 0 Å². The molecule has 4 nitrogen and oxygen atoms in total. The number of likely N-dealkylation sites (tertiary alicyclic amines) is 1. The lowest BCUT2D eigenvalue weighted by Gasteiger charge is -2.23. The van der Waals surface area contributed by atoms with Crippen molar-refractivity contribution >= 4 is 11.9 Å². The van der Waals surface area contributed by atoms with Gasteiger partial charge < -0.3 is 10.0 Å². The molecule has 21 heavy (non-hydrogen) atoms. The van der Waals surface area contributed by atoms with Crippen LogP contribution in [-0.4, -0.2) is 34.5 Å². The SMILES string of the molecule is Cc1ccc(CCC(=O)N2CCC(C(=O)O)C2C)c(C)c1. The largest absolute Gasteiger partial charge is 0.481 e. The van der Waals surface area contributed by atoms with E-state index < -0.39 is 11.9 Å². The van der Waals surface area contributed by atoms with Gasteiger partial charge in [-0.25, -0.2) is 0 Å². The molecule has 0 aliphatic carbocycles. The molecule has 0 spiro atoms. The standard InChI is InChI=1S/C17H23NO3/c1-11-4-5-14(12(2)10-11)6-7-16(19)18-9-8-15(13(18)3)17(20)21/h4-5,10,13,15H,6-9H2,1-3H3,(H,20,21). The Kier molecular flexibility index (Phi) is 4.66. The molecule has 1 N–H and O–H groups in total. The molecule has 4 heteroatoms. The minimum atomic E-state index is -0.799. The monoisotopic (exact) mass is 289 g/mol. The number of rotatable bonds is 4. The third kappa shape index (κ3) is 3.43. The fourth-order valence-electron chi connectivity index (χ4n) is 3.13. The van der Waals surface area contributed by atoms with Gasteiger partial charge in [-0.15, -0.1) is 0 Å². The molecule has 1 aliphatic heterocycles. The molecule has 2 rings (SSSR count). The maximum Gasteiger partial charge on any atom is 0.308 e. The fourth-order valence-corrected chi connectivity index (χ4v) is 3.13. The molecule has 0 saturated carbocycles. The van der Waals surface area contributed by atoms with E-state index in [9.17, 15) is 9.59 Å². The second-order valence-electron chi connectivity index (χ2n) is 5.99. The normalized spacial score (nSPS) is 21.6. The van der Waals surface area contributed by atoms with Gasteiger partial charge in [-0.2, -0.15) is 0 Å². The highest BCUT2D eigenvalue weighted by Crippen LogP contribution is 2.25. The topological polar surface area (TPSA) is 57.6 Å². The predicted molar refractivity (Wildman–Crippen MR) is 81.2 cm³/mol. The van der Waals surface area contributed by atoms with Gasteiger partial charge >= 0.3 is 5.97 Å². The van der Waals surface area contributed by atoms with E-state index in [2.05, 4.69) is 32.0 Å². The van der Waals surface area contributed by atoms with Gasteiger partial charge in [-0.05, 0) is 44.7 Å². The van der Waals surface area contributed by atoms with Crippen molar-refractivity contribution in [1.82, 2.24) is 4.90 Å². The first-order chi connectivity index (χ1) is 9.90. The van der Waals surface area contributed by atoms with E-state index in [-0.39, 0.29) is 11.9 Å². The van der Waals surface area contributed by atoms with Crippen molar-refractivity contribution < 1.29 is 14.7 Å². The number of benzene rings is 1. The number of aryl methyl sites for hydroxylation is 3. The number of carboxylic acid groups (broad SMARTS) is 1. The lowest BCUT2D eigenvalue weighted by atomic mass is 10.0. The van der Waals surface area contributed by atoms with Gasteiger partial charge in [-0.1, -0.05) is 23.8 Å². The molecule has 1 aromatic rings. The molecule has 1 aliphatic rings. The summed E-state index contributed by atoms with van der Waals surface area (Å²) in [7, 11) is 0. The van der Waals surface area contributed by atoms with Crippen molar-refractivity contribution in [2.45, 2.75) is 46.1 Å². The summed E-state index contributed by atoms with van der Waals surface area (Å²) in [6.07, 6.45) is 1.72. The van der Waals surface area contributed by atoms with Gasteiger partial charge in [0.2, 0.25) is 5.91 Å². The number of hydrogen-bond donors (Lipinski definition) is 1. The van der Waals surface area contributed by atoms with Gasteiger partial charge in [0.1, 0.15) is 0 Å². The van der Waals surface area contributed by atoms with Gasteiger partial charge in [0.05, 0.1) is 5.92 Å². The number of carbonyl (C=O) groups is 2. The van der Waals surface area contributed by atoms with Crippen molar-refractivity contribution in [2.75, 3.05) is 6.54 Å². The van der Waals surface area contributed by atoms with E-state index in [0.29, 0.717) is 25.8 Å². The third-order valence-electron chi connectivity index (χ3n) is 4.50. The van der Waals surface area contributed by atoms with Crippen LogP contribution < -0.4 is 0 Å². The van der Waals surface area contributed by atoms with E-state index in [0.717, 1.165) is 0 Å². The Morgan fingerprint density at radius 1 is 1.33 bits per heavy atom. The number of nitrogens with zero attached hydrogens (tertiary/aromatic N) is 1. The zero-order valence-corrected chi connectivity index (χ0v) is 12.9. The maximum absolute atomic E-state index is 12.3. The fraction of sp³-hybridized carbons (Fsp3) is 0.529. The number of hydrogen-bond acceptors (Lipinski definition) is 2. The van der Waals surface area contributed by atoms with Crippen molar-refractivity contribution in [1.29, 1.82) is 0 Å². The summed E-state index contributed by atoms with van der Waals surface area (Å²) >= 11 is 0. The summed E-state index contributed by atoms with van der Waals surface area (Å²) in [5, 5.41) is 9.12. The Morgan fingerprint density at radius 2 is 2.05 bits per heavy atom. The second kappa shape index (κ2) is 6.29. The van der Waals surface area contributed by atoms with Gasteiger partial charge in [0.25, 0.3) is 0 Å². The second-order valence-corrected chi connectivity index (χ2v) is 5.99. The molecule has 1 amide bonds. The van der Waals surface area contributed by atoms with Crippen molar-refractivity contribution in [3.8, 4) is 0 Å². The summed E-state index contributed by atoms with van der Waals surface area (Å²) < 4.78 is 0. The number of carboxylic acids is 1. The molecular weight excluding hydrogens is 266 g/mol.